The van der Waals surface area contributed by atoms with Gasteiger partial charge in [0, 0.05) is 12.2 Å². The van der Waals surface area contributed by atoms with Crippen LogP contribution in [0.15, 0.2) is 24.2 Å². The molecule has 0 radical (unpaired) electrons. The van der Waals surface area contributed by atoms with Crippen molar-refractivity contribution in [3.05, 3.63) is 29.9 Å². The van der Waals surface area contributed by atoms with Gasteiger partial charge in [-0.05, 0) is 39.0 Å². The summed E-state index contributed by atoms with van der Waals surface area (Å²) in [7, 11) is 0. The van der Waals surface area contributed by atoms with E-state index in [1.165, 1.54) is 5.57 Å². The van der Waals surface area contributed by atoms with Crippen molar-refractivity contribution >= 4 is 6.08 Å². The molecule has 1 unspecified atom stereocenters. The number of rotatable bonds is 5. The molecule has 0 bridgehead atoms. The van der Waals surface area contributed by atoms with E-state index in [9.17, 15) is 0 Å². The van der Waals surface area contributed by atoms with Crippen molar-refractivity contribution in [1.82, 2.24) is 15.3 Å². The molecular weight excluding hydrogens is 186 g/mol. The molecule has 1 rings (SSSR count). The fraction of sp³-hybridized carbons (Fsp3) is 0.500. The molecule has 15 heavy (non-hydrogen) atoms. The molecule has 1 N–H and O–H groups in total. The minimum Gasteiger partial charge on any atom is -0.311 e. The quantitative estimate of drug-likeness (QED) is 0.801. The first kappa shape index (κ1) is 11.9. The van der Waals surface area contributed by atoms with Crippen LogP contribution in [0.3, 0.4) is 0 Å². The van der Waals surface area contributed by atoms with Gasteiger partial charge in [0.15, 0.2) is 0 Å². The Labute approximate surface area is 91.7 Å². The van der Waals surface area contributed by atoms with E-state index in [4.69, 9.17) is 0 Å². The average molecular weight is 205 g/mol. The Morgan fingerprint density at radius 3 is 3.00 bits per heavy atom. The van der Waals surface area contributed by atoms with Crippen LogP contribution in [0, 0.1) is 0 Å². The molecule has 1 aromatic rings. The van der Waals surface area contributed by atoms with E-state index in [0.29, 0.717) is 6.04 Å². The molecule has 1 heterocycles. The molecule has 3 nitrogen and oxygen atoms in total. The second kappa shape index (κ2) is 6.30. The van der Waals surface area contributed by atoms with E-state index in [1.807, 2.05) is 6.07 Å². The van der Waals surface area contributed by atoms with Gasteiger partial charge in [-0.25, -0.2) is 9.97 Å². The summed E-state index contributed by atoms with van der Waals surface area (Å²) in [5.41, 5.74) is 2.26. The second-order valence-corrected chi connectivity index (χ2v) is 3.70. The lowest BCUT2D eigenvalue weighted by molar-refractivity contribution is 0.604. The van der Waals surface area contributed by atoms with Crippen LogP contribution in [0.1, 0.15) is 32.9 Å². The Kier molecular flexibility index (Phi) is 4.98. The van der Waals surface area contributed by atoms with Crippen LogP contribution < -0.4 is 5.32 Å². The molecule has 0 saturated carbocycles. The van der Waals surface area contributed by atoms with Crippen LogP contribution in [0.2, 0.25) is 0 Å². The molecule has 0 fully saturated rings. The monoisotopic (exact) mass is 205 g/mol. The van der Waals surface area contributed by atoms with Gasteiger partial charge in [0.1, 0.15) is 6.33 Å². The van der Waals surface area contributed by atoms with Gasteiger partial charge in [-0.2, -0.15) is 0 Å². The second-order valence-electron chi connectivity index (χ2n) is 3.70. The SMILES string of the molecule is CCCNC(C)/C(C)=C/c1ccncn1. The van der Waals surface area contributed by atoms with Gasteiger partial charge < -0.3 is 5.32 Å². The Morgan fingerprint density at radius 1 is 1.60 bits per heavy atom. The number of nitrogens with one attached hydrogen (secondary N) is 1. The average Bonchev–Trinajstić information content (AvgIpc) is 2.27. The van der Waals surface area contributed by atoms with Crippen LogP contribution in [-0.4, -0.2) is 22.6 Å². The summed E-state index contributed by atoms with van der Waals surface area (Å²) < 4.78 is 0. The summed E-state index contributed by atoms with van der Waals surface area (Å²) in [5.74, 6) is 0. The van der Waals surface area contributed by atoms with Gasteiger partial charge >= 0.3 is 0 Å². The van der Waals surface area contributed by atoms with Gasteiger partial charge in [0.2, 0.25) is 0 Å². The topological polar surface area (TPSA) is 37.8 Å². The minimum absolute atomic E-state index is 0.403. The van der Waals surface area contributed by atoms with Gasteiger partial charge in [0.25, 0.3) is 0 Å². The van der Waals surface area contributed by atoms with Crippen molar-refractivity contribution in [2.24, 2.45) is 0 Å². The number of hydrogen-bond acceptors (Lipinski definition) is 3. The molecule has 0 aromatic carbocycles. The minimum atomic E-state index is 0.403. The molecule has 82 valence electrons. The maximum atomic E-state index is 4.17. The maximum absolute atomic E-state index is 4.17. The predicted molar refractivity (Wildman–Crippen MR) is 63.4 cm³/mol. The molecule has 0 aliphatic heterocycles. The summed E-state index contributed by atoms with van der Waals surface area (Å²) in [6.07, 6.45) is 6.58. The van der Waals surface area contributed by atoms with Crippen LogP contribution in [0.25, 0.3) is 6.08 Å². The zero-order chi connectivity index (χ0) is 11.1. The Hall–Kier alpha value is -1.22. The fourth-order valence-electron chi connectivity index (χ4n) is 1.27. The molecule has 3 heteroatoms. The highest BCUT2D eigenvalue weighted by atomic mass is 14.9. The largest absolute Gasteiger partial charge is 0.311 e. The highest BCUT2D eigenvalue weighted by molar-refractivity contribution is 5.48. The van der Waals surface area contributed by atoms with E-state index in [2.05, 4.69) is 42.1 Å². The summed E-state index contributed by atoms with van der Waals surface area (Å²) in [6.45, 7) is 7.51. The first-order chi connectivity index (χ1) is 7.24. The first-order valence-corrected chi connectivity index (χ1v) is 5.41. The smallest absolute Gasteiger partial charge is 0.115 e. The Balaban J connectivity index is 2.59. The summed E-state index contributed by atoms with van der Waals surface area (Å²) in [4.78, 5) is 8.06. The van der Waals surface area contributed by atoms with Crippen LogP contribution in [-0.2, 0) is 0 Å². The lowest BCUT2D eigenvalue weighted by atomic mass is 10.1. The molecule has 0 amide bonds. The van der Waals surface area contributed by atoms with E-state index in [0.717, 1.165) is 18.7 Å². The van der Waals surface area contributed by atoms with E-state index in [1.54, 1.807) is 12.5 Å². The third kappa shape index (κ3) is 4.21. The molecule has 0 aliphatic rings. The number of aromatic nitrogens is 2. The highest BCUT2D eigenvalue weighted by Crippen LogP contribution is 2.06. The van der Waals surface area contributed by atoms with Crippen LogP contribution in [0.5, 0.6) is 0 Å². The molecule has 0 spiro atoms. The van der Waals surface area contributed by atoms with Crippen LogP contribution >= 0.6 is 0 Å². The van der Waals surface area contributed by atoms with Gasteiger partial charge in [-0.15, -0.1) is 0 Å². The molecule has 0 saturated heterocycles. The van der Waals surface area contributed by atoms with Gasteiger partial charge in [-0.3, -0.25) is 0 Å². The van der Waals surface area contributed by atoms with E-state index in [-0.39, 0.29) is 0 Å². The van der Waals surface area contributed by atoms with Gasteiger partial charge in [-0.1, -0.05) is 12.5 Å². The Morgan fingerprint density at radius 2 is 2.40 bits per heavy atom. The third-order valence-corrected chi connectivity index (χ3v) is 2.36. The Bertz CT molecular complexity index is 306. The normalized spacial score (nSPS) is 13.9. The maximum Gasteiger partial charge on any atom is 0.115 e. The van der Waals surface area contributed by atoms with Crippen molar-refractivity contribution in [3.63, 3.8) is 0 Å². The number of nitrogens with zero attached hydrogens (tertiary/aromatic N) is 2. The summed E-state index contributed by atoms with van der Waals surface area (Å²) in [5, 5.41) is 3.44. The van der Waals surface area contributed by atoms with Crippen molar-refractivity contribution in [2.45, 2.75) is 33.2 Å². The third-order valence-electron chi connectivity index (χ3n) is 2.36. The van der Waals surface area contributed by atoms with Crippen molar-refractivity contribution in [1.29, 1.82) is 0 Å². The number of hydrogen-bond donors (Lipinski definition) is 1. The zero-order valence-corrected chi connectivity index (χ0v) is 9.70. The summed E-state index contributed by atoms with van der Waals surface area (Å²) in [6, 6.07) is 2.32. The molecule has 1 aromatic heterocycles. The zero-order valence-electron chi connectivity index (χ0n) is 9.70. The molecule has 1 atom stereocenters. The van der Waals surface area contributed by atoms with Crippen molar-refractivity contribution in [2.75, 3.05) is 6.54 Å². The van der Waals surface area contributed by atoms with E-state index < -0.39 is 0 Å². The standard InChI is InChI=1S/C12H19N3/c1-4-6-14-11(3)10(2)8-12-5-7-13-9-15-12/h5,7-9,11,14H,4,6H2,1-3H3/b10-8+. The molecular formula is C12H19N3. The lowest BCUT2D eigenvalue weighted by Gasteiger charge is -2.13. The van der Waals surface area contributed by atoms with Crippen LogP contribution in [0.4, 0.5) is 0 Å². The fourth-order valence-corrected chi connectivity index (χ4v) is 1.27. The summed E-state index contributed by atoms with van der Waals surface area (Å²) >= 11 is 0. The highest BCUT2D eigenvalue weighted by Gasteiger charge is 2.02. The first-order valence-electron chi connectivity index (χ1n) is 5.41. The predicted octanol–water partition coefficient (Wildman–Crippen LogP) is 2.27. The molecule has 0 aliphatic carbocycles. The van der Waals surface area contributed by atoms with E-state index >= 15 is 0 Å². The lowest BCUT2D eigenvalue weighted by Crippen LogP contribution is -2.27. The van der Waals surface area contributed by atoms with Gasteiger partial charge in [0.05, 0.1) is 5.69 Å². The van der Waals surface area contributed by atoms with Crippen molar-refractivity contribution in [3.8, 4) is 0 Å². The van der Waals surface area contributed by atoms with Crippen molar-refractivity contribution < 1.29 is 0 Å².